The number of benzene rings is 2. The lowest BCUT2D eigenvalue weighted by atomic mass is 10.2. The SMILES string of the molecule is O=C(OCCCS(=O)(=O)c1ccccc1)c1cc(S(=O)(=O)N2CCOCC2)ccc1Cl. The maximum absolute atomic E-state index is 12.8. The van der Waals surface area contributed by atoms with E-state index in [4.69, 9.17) is 21.1 Å². The molecule has 31 heavy (non-hydrogen) atoms. The molecule has 0 radical (unpaired) electrons. The summed E-state index contributed by atoms with van der Waals surface area (Å²) in [6, 6.07) is 11.8. The number of hydrogen-bond donors (Lipinski definition) is 0. The molecule has 0 atom stereocenters. The van der Waals surface area contributed by atoms with Gasteiger partial charge < -0.3 is 9.47 Å². The summed E-state index contributed by atoms with van der Waals surface area (Å²) in [4.78, 5) is 12.6. The first kappa shape index (κ1) is 23.7. The molecular weight excluding hydrogens is 466 g/mol. The van der Waals surface area contributed by atoms with Gasteiger partial charge in [0.2, 0.25) is 10.0 Å². The van der Waals surface area contributed by atoms with Crippen LogP contribution in [0.4, 0.5) is 0 Å². The van der Waals surface area contributed by atoms with Gasteiger partial charge in [-0.25, -0.2) is 21.6 Å². The molecule has 1 heterocycles. The van der Waals surface area contributed by atoms with Crippen molar-refractivity contribution >= 4 is 37.4 Å². The van der Waals surface area contributed by atoms with Crippen LogP contribution in [0.2, 0.25) is 5.02 Å². The standard InChI is InChI=1S/C20H22ClNO7S2/c21-19-8-7-17(31(26,27)22-9-12-28-13-10-22)15-18(19)20(23)29-11-4-14-30(24,25)16-5-2-1-3-6-16/h1-3,5-8,15H,4,9-14H2. The first-order valence-corrected chi connectivity index (χ1v) is 13.0. The van der Waals surface area contributed by atoms with E-state index < -0.39 is 25.8 Å². The largest absolute Gasteiger partial charge is 0.462 e. The summed E-state index contributed by atoms with van der Waals surface area (Å²) in [5.74, 6) is -1.01. The third-order valence-corrected chi connectivity index (χ3v) is 8.70. The van der Waals surface area contributed by atoms with Crippen molar-refractivity contribution in [1.29, 1.82) is 0 Å². The molecule has 1 aliphatic heterocycles. The fraction of sp³-hybridized carbons (Fsp3) is 0.350. The molecule has 0 aliphatic carbocycles. The predicted octanol–water partition coefficient (Wildman–Crippen LogP) is 2.38. The number of morpholine rings is 1. The summed E-state index contributed by atoms with van der Waals surface area (Å²) in [5, 5.41) is 0.0443. The minimum atomic E-state index is -3.80. The Morgan fingerprint density at radius 3 is 2.35 bits per heavy atom. The Labute approximate surface area is 186 Å². The van der Waals surface area contributed by atoms with E-state index in [2.05, 4.69) is 0 Å². The minimum Gasteiger partial charge on any atom is -0.462 e. The van der Waals surface area contributed by atoms with Crippen molar-refractivity contribution in [2.45, 2.75) is 16.2 Å². The van der Waals surface area contributed by atoms with Crippen LogP contribution in [0.3, 0.4) is 0 Å². The summed E-state index contributed by atoms with van der Waals surface area (Å²) >= 11 is 6.07. The summed E-state index contributed by atoms with van der Waals surface area (Å²) in [6.45, 7) is 0.893. The highest BCUT2D eigenvalue weighted by molar-refractivity contribution is 7.91. The normalized spacial score (nSPS) is 15.5. The Hall–Kier alpha value is -1.98. The maximum Gasteiger partial charge on any atom is 0.339 e. The minimum absolute atomic E-state index is 0.0443. The number of halogens is 1. The van der Waals surface area contributed by atoms with Gasteiger partial charge in [0, 0.05) is 13.1 Å². The number of ether oxygens (including phenoxy) is 2. The maximum atomic E-state index is 12.8. The van der Waals surface area contributed by atoms with Gasteiger partial charge in [0.05, 0.1) is 46.0 Å². The third kappa shape index (κ3) is 5.83. The highest BCUT2D eigenvalue weighted by atomic mass is 35.5. The molecule has 0 saturated carbocycles. The van der Waals surface area contributed by atoms with Gasteiger partial charge in [0.1, 0.15) is 0 Å². The van der Waals surface area contributed by atoms with Gasteiger partial charge in [0.25, 0.3) is 0 Å². The van der Waals surface area contributed by atoms with Gasteiger partial charge in [-0.05, 0) is 36.8 Å². The zero-order valence-corrected chi connectivity index (χ0v) is 19.0. The Balaban J connectivity index is 1.63. The van der Waals surface area contributed by atoms with Crippen molar-refractivity contribution in [3.63, 3.8) is 0 Å². The molecular formula is C20H22ClNO7S2. The lowest BCUT2D eigenvalue weighted by Gasteiger charge is -2.26. The van der Waals surface area contributed by atoms with Crippen LogP contribution in [0, 0.1) is 0 Å². The highest BCUT2D eigenvalue weighted by Gasteiger charge is 2.28. The van der Waals surface area contributed by atoms with E-state index in [0.717, 1.165) is 0 Å². The molecule has 8 nitrogen and oxygen atoms in total. The van der Waals surface area contributed by atoms with Crippen LogP contribution in [0.15, 0.2) is 58.3 Å². The highest BCUT2D eigenvalue weighted by Crippen LogP contribution is 2.24. The van der Waals surface area contributed by atoms with Gasteiger partial charge in [-0.1, -0.05) is 29.8 Å². The van der Waals surface area contributed by atoms with Gasteiger partial charge in [0.15, 0.2) is 9.84 Å². The number of sulfone groups is 1. The average molecular weight is 488 g/mol. The topological polar surface area (TPSA) is 107 Å². The van der Waals surface area contributed by atoms with Crippen LogP contribution >= 0.6 is 11.6 Å². The number of esters is 1. The van der Waals surface area contributed by atoms with Crippen LogP contribution in [-0.2, 0) is 29.3 Å². The van der Waals surface area contributed by atoms with Crippen molar-refractivity contribution in [3.05, 3.63) is 59.1 Å². The molecule has 0 amide bonds. The molecule has 168 valence electrons. The second kappa shape index (κ2) is 10.1. The molecule has 1 fully saturated rings. The molecule has 11 heteroatoms. The molecule has 1 aliphatic rings. The summed E-state index contributed by atoms with van der Waals surface area (Å²) in [6.07, 6.45) is 0.0896. The van der Waals surface area contributed by atoms with E-state index in [0.29, 0.717) is 13.2 Å². The third-order valence-electron chi connectivity index (χ3n) is 4.66. The summed E-state index contributed by atoms with van der Waals surface area (Å²) in [7, 11) is -7.28. The van der Waals surface area contributed by atoms with Crippen molar-refractivity contribution < 1.29 is 31.1 Å². The molecule has 0 spiro atoms. The number of nitrogens with zero attached hydrogens (tertiary/aromatic N) is 1. The number of carbonyl (C=O) groups excluding carboxylic acids is 1. The summed E-state index contributed by atoms with van der Waals surface area (Å²) < 4.78 is 61.7. The fourth-order valence-corrected chi connectivity index (χ4v) is 5.93. The Bertz CT molecular complexity index is 1130. The number of carbonyl (C=O) groups is 1. The zero-order valence-electron chi connectivity index (χ0n) is 16.6. The Morgan fingerprint density at radius 1 is 1.00 bits per heavy atom. The second-order valence-electron chi connectivity index (χ2n) is 6.78. The van der Waals surface area contributed by atoms with E-state index in [1.807, 2.05) is 0 Å². The number of rotatable bonds is 8. The van der Waals surface area contributed by atoms with Crippen LogP contribution in [-0.4, -0.2) is 65.8 Å². The molecule has 3 rings (SSSR count). The monoisotopic (exact) mass is 487 g/mol. The van der Waals surface area contributed by atoms with Gasteiger partial charge in [-0.15, -0.1) is 0 Å². The van der Waals surface area contributed by atoms with E-state index >= 15 is 0 Å². The molecule has 2 aromatic carbocycles. The number of sulfonamides is 1. The summed E-state index contributed by atoms with van der Waals surface area (Å²) in [5.41, 5.74) is -0.0954. The fourth-order valence-electron chi connectivity index (χ4n) is 2.99. The lowest BCUT2D eigenvalue weighted by molar-refractivity contribution is 0.0505. The van der Waals surface area contributed by atoms with Crippen molar-refractivity contribution in [2.75, 3.05) is 38.7 Å². The Morgan fingerprint density at radius 2 is 1.68 bits per heavy atom. The second-order valence-corrected chi connectivity index (χ2v) is 11.2. The van der Waals surface area contributed by atoms with Crippen LogP contribution in [0.25, 0.3) is 0 Å². The first-order valence-electron chi connectivity index (χ1n) is 9.54. The Kier molecular flexibility index (Phi) is 7.71. The van der Waals surface area contributed by atoms with Crippen LogP contribution < -0.4 is 0 Å². The van der Waals surface area contributed by atoms with E-state index in [-0.39, 0.29) is 52.2 Å². The lowest BCUT2D eigenvalue weighted by Crippen LogP contribution is -2.40. The molecule has 0 N–H and O–H groups in total. The quantitative estimate of drug-likeness (QED) is 0.415. The van der Waals surface area contributed by atoms with Crippen LogP contribution in [0.1, 0.15) is 16.8 Å². The van der Waals surface area contributed by atoms with Gasteiger partial charge >= 0.3 is 5.97 Å². The van der Waals surface area contributed by atoms with E-state index in [1.54, 1.807) is 18.2 Å². The van der Waals surface area contributed by atoms with Crippen LogP contribution in [0.5, 0.6) is 0 Å². The zero-order chi connectivity index (χ0) is 22.5. The van der Waals surface area contributed by atoms with Gasteiger partial charge in [-0.2, -0.15) is 4.31 Å². The molecule has 2 aromatic rings. The van der Waals surface area contributed by atoms with Crippen molar-refractivity contribution in [2.24, 2.45) is 0 Å². The smallest absolute Gasteiger partial charge is 0.339 e. The molecule has 0 unspecified atom stereocenters. The molecule has 0 aromatic heterocycles. The number of hydrogen-bond acceptors (Lipinski definition) is 7. The molecule has 1 saturated heterocycles. The van der Waals surface area contributed by atoms with Crippen molar-refractivity contribution in [3.8, 4) is 0 Å². The van der Waals surface area contributed by atoms with Crippen molar-refractivity contribution in [1.82, 2.24) is 4.31 Å². The average Bonchev–Trinajstić information content (AvgIpc) is 2.78. The predicted molar refractivity (Wildman–Crippen MR) is 114 cm³/mol. The first-order chi connectivity index (χ1) is 14.7. The van der Waals surface area contributed by atoms with E-state index in [9.17, 15) is 21.6 Å². The van der Waals surface area contributed by atoms with Gasteiger partial charge in [-0.3, -0.25) is 0 Å². The molecule has 0 bridgehead atoms. The van der Waals surface area contributed by atoms with E-state index in [1.165, 1.54) is 34.6 Å².